The van der Waals surface area contributed by atoms with Gasteiger partial charge in [0.15, 0.2) is 0 Å². The maximum absolute atomic E-state index is 6.11. The molecule has 0 fully saturated rings. The lowest BCUT2D eigenvalue weighted by molar-refractivity contribution is 0.232. The molecule has 1 aliphatic heterocycles. The van der Waals surface area contributed by atoms with Gasteiger partial charge in [0.2, 0.25) is 0 Å². The third-order valence-corrected chi connectivity index (χ3v) is 3.59. The Morgan fingerprint density at radius 1 is 1.21 bits per heavy atom. The van der Waals surface area contributed by atoms with Crippen molar-refractivity contribution in [1.29, 1.82) is 0 Å². The molecule has 1 atom stereocenters. The van der Waals surface area contributed by atoms with Crippen molar-refractivity contribution in [2.45, 2.75) is 19.4 Å². The van der Waals surface area contributed by atoms with Crippen molar-refractivity contribution in [1.82, 2.24) is 5.32 Å². The lowest BCUT2D eigenvalue weighted by Crippen LogP contribution is -2.27. The van der Waals surface area contributed by atoms with Crippen molar-refractivity contribution in [3.63, 3.8) is 0 Å². The van der Waals surface area contributed by atoms with Gasteiger partial charge in [-0.3, -0.25) is 0 Å². The van der Waals surface area contributed by atoms with Crippen LogP contribution in [0, 0.1) is 6.92 Å². The summed E-state index contributed by atoms with van der Waals surface area (Å²) in [4.78, 5) is 0. The summed E-state index contributed by atoms with van der Waals surface area (Å²) in [6.45, 7) is 3.01. The minimum atomic E-state index is 0.256. The molecule has 2 aromatic carbocycles. The first-order valence-electron chi connectivity index (χ1n) is 6.78. The van der Waals surface area contributed by atoms with Gasteiger partial charge in [-0.25, -0.2) is 0 Å². The predicted octanol–water partition coefficient (Wildman–Crippen LogP) is 3.18. The first-order valence-corrected chi connectivity index (χ1v) is 6.78. The van der Waals surface area contributed by atoms with E-state index < -0.39 is 0 Å². The van der Waals surface area contributed by atoms with Gasteiger partial charge in [-0.05, 0) is 25.1 Å². The second-order valence-electron chi connectivity index (χ2n) is 5.16. The van der Waals surface area contributed by atoms with Crippen LogP contribution in [-0.2, 0) is 6.42 Å². The Morgan fingerprint density at radius 3 is 2.84 bits per heavy atom. The van der Waals surface area contributed by atoms with Crippen molar-refractivity contribution in [2.24, 2.45) is 0 Å². The predicted molar refractivity (Wildman–Crippen MR) is 78.7 cm³/mol. The lowest BCUT2D eigenvalue weighted by Gasteiger charge is -2.12. The van der Waals surface area contributed by atoms with E-state index in [4.69, 9.17) is 4.74 Å². The van der Waals surface area contributed by atoms with Gasteiger partial charge in [0.25, 0.3) is 0 Å². The molecule has 3 rings (SSSR count). The van der Waals surface area contributed by atoms with Crippen LogP contribution in [0.5, 0.6) is 5.75 Å². The summed E-state index contributed by atoms with van der Waals surface area (Å²) in [5.74, 6) is 1.06. The van der Waals surface area contributed by atoms with Gasteiger partial charge >= 0.3 is 0 Å². The molecule has 1 aliphatic rings. The van der Waals surface area contributed by atoms with Crippen LogP contribution in [0.2, 0.25) is 0 Å². The maximum Gasteiger partial charge on any atom is 0.130 e. The van der Waals surface area contributed by atoms with Gasteiger partial charge in [-0.2, -0.15) is 0 Å². The quantitative estimate of drug-likeness (QED) is 0.907. The Labute approximate surface area is 114 Å². The van der Waals surface area contributed by atoms with E-state index in [0.29, 0.717) is 0 Å². The highest BCUT2D eigenvalue weighted by atomic mass is 16.5. The van der Waals surface area contributed by atoms with Crippen molar-refractivity contribution >= 4 is 0 Å². The highest BCUT2D eigenvalue weighted by molar-refractivity contribution is 5.73. The van der Waals surface area contributed by atoms with E-state index >= 15 is 0 Å². The van der Waals surface area contributed by atoms with Crippen molar-refractivity contribution in [3.05, 3.63) is 53.6 Å². The third-order valence-electron chi connectivity index (χ3n) is 3.59. The minimum absolute atomic E-state index is 0.256. The second kappa shape index (κ2) is 5.06. The highest BCUT2D eigenvalue weighted by Crippen LogP contribution is 2.38. The van der Waals surface area contributed by atoms with Crippen LogP contribution in [0.1, 0.15) is 11.1 Å². The van der Waals surface area contributed by atoms with E-state index in [2.05, 4.69) is 54.7 Å². The smallest absolute Gasteiger partial charge is 0.130 e. The van der Waals surface area contributed by atoms with Crippen molar-refractivity contribution < 1.29 is 4.74 Å². The normalized spacial score (nSPS) is 17.1. The van der Waals surface area contributed by atoms with E-state index in [-0.39, 0.29) is 6.10 Å². The first kappa shape index (κ1) is 12.2. The molecular weight excluding hydrogens is 234 g/mol. The highest BCUT2D eigenvalue weighted by Gasteiger charge is 2.24. The SMILES string of the molecule is CNCC1Cc2cccc(-c3cccc(C)c3)c2O1. The van der Waals surface area contributed by atoms with Crippen LogP contribution in [0.15, 0.2) is 42.5 Å². The van der Waals surface area contributed by atoms with Crippen LogP contribution < -0.4 is 10.1 Å². The Hall–Kier alpha value is -1.80. The van der Waals surface area contributed by atoms with E-state index in [9.17, 15) is 0 Å². The molecule has 0 spiro atoms. The molecule has 0 aliphatic carbocycles. The van der Waals surface area contributed by atoms with Crippen LogP contribution in [0.3, 0.4) is 0 Å². The van der Waals surface area contributed by atoms with Crippen LogP contribution in [0.4, 0.5) is 0 Å². The Kier molecular flexibility index (Phi) is 3.26. The summed E-state index contributed by atoms with van der Waals surface area (Å²) in [5.41, 5.74) is 5.04. The minimum Gasteiger partial charge on any atom is -0.488 e. The molecule has 0 bridgehead atoms. The fourth-order valence-corrected chi connectivity index (χ4v) is 2.72. The monoisotopic (exact) mass is 253 g/mol. The third kappa shape index (κ3) is 2.36. The zero-order chi connectivity index (χ0) is 13.2. The summed E-state index contributed by atoms with van der Waals surface area (Å²) in [5, 5.41) is 3.19. The maximum atomic E-state index is 6.11. The Balaban J connectivity index is 2.00. The van der Waals surface area contributed by atoms with E-state index in [1.165, 1.54) is 22.3 Å². The standard InChI is InChI=1S/C17H19NO/c1-12-5-3-6-13(9-12)16-8-4-7-14-10-15(11-18-2)19-17(14)16/h3-9,15,18H,10-11H2,1-2H3. The van der Waals surface area contributed by atoms with Crippen LogP contribution >= 0.6 is 0 Å². The number of hydrogen-bond acceptors (Lipinski definition) is 2. The molecule has 1 N–H and O–H groups in total. The summed E-state index contributed by atoms with van der Waals surface area (Å²) >= 11 is 0. The van der Waals surface area contributed by atoms with Crippen molar-refractivity contribution in [2.75, 3.05) is 13.6 Å². The van der Waals surface area contributed by atoms with Crippen molar-refractivity contribution in [3.8, 4) is 16.9 Å². The average molecular weight is 253 g/mol. The molecule has 0 saturated heterocycles. The topological polar surface area (TPSA) is 21.3 Å². The zero-order valence-corrected chi connectivity index (χ0v) is 11.4. The van der Waals surface area contributed by atoms with Gasteiger partial charge < -0.3 is 10.1 Å². The number of benzene rings is 2. The first-order chi connectivity index (χ1) is 9.28. The molecule has 98 valence electrons. The molecule has 1 heterocycles. The molecule has 2 heteroatoms. The molecule has 0 radical (unpaired) electrons. The number of aryl methyl sites for hydroxylation is 1. The summed E-state index contributed by atoms with van der Waals surface area (Å²) in [6, 6.07) is 15.0. The molecule has 0 saturated carbocycles. The van der Waals surface area contributed by atoms with Gasteiger partial charge in [0, 0.05) is 18.5 Å². The van der Waals surface area contributed by atoms with Crippen LogP contribution in [-0.4, -0.2) is 19.7 Å². The van der Waals surface area contributed by atoms with Gasteiger partial charge in [0.1, 0.15) is 11.9 Å². The van der Waals surface area contributed by atoms with Gasteiger partial charge in [-0.15, -0.1) is 0 Å². The zero-order valence-electron chi connectivity index (χ0n) is 11.4. The summed E-state index contributed by atoms with van der Waals surface area (Å²) in [6.07, 6.45) is 1.25. The number of nitrogens with one attached hydrogen (secondary N) is 1. The molecule has 1 unspecified atom stereocenters. The molecular formula is C17H19NO. The number of likely N-dealkylation sites (N-methyl/N-ethyl adjacent to an activating group) is 1. The number of rotatable bonds is 3. The molecule has 0 aromatic heterocycles. The fraction of sp³-hybridized carbons (Fsp3) is 0.294. The van der Waals surface area contributed by atoms with Crippen LogP contribution in [0.25, 0.3) is 11.1 Å². The molecule has 2 nitrogen and oxygen atoms in total. The summed E-state index contributed by atoms with van der Waals surface area (Å²) < 4.78 is 6.11. The molecule has 2 aromatic rings. The van der Waals surface area contributed by atoms with Gasteiger partial charge in [-0.1, -0.05) is 48.0 Å². The number of fused-ring (bicyclic) bond motifs is 1. The second-order valence-corrected chi connectivity index (χ2v) is 5.16. The molecule has 0 amide bonds. The molecule has 19 heavy (non-hydrogen) atoms. The fourth-order valence-electron chi connectivity index (χ4n) is 2.72. The number of ether oxygens (including phenoxy) is 1. The van der Waals surface area contributed by atoms with E-state index in [1.54, 1.807) is 0 Å². The van der Waals surface area contributed by atoms with E-state index in [0.717, 1.165) is 18.7 Å². The number of hydrogen-bond donors (Lipinski definition) is 1. The average Bonchev–Trinajstić information content (AvgIpc) is 2.81. The largest absolute Gasteiger partial charge is 0.488 e. The summed E-state index contributed by atoms with van der Waals surface area (Å²) in [7, 11) is 1.97. The lowest BCUT2D eigenvalue weighted by atomic mass is 9.99. The van der Waals surface area contributed by atoms with Gasteiger partial charge in [0.05, 0.1) is 0 Å². The number of para-hydroxylation sites is 1. The Morgan fingerprint density at radius 2 is 2.05 bits per heavy atom. The Bertz CT molecular complexity index is 592. The van der Waals surface area contributed by atoms with E-state index in [1.807, 2.05) is 7.05 Å².